The first-order valence-electron chi connectivity index (χ1n) is 8.93. The van der Waals surface area contributed by atoms with Gasteiger partial charge in [-0.1, -0.05) is 17.7 Å². The van der Waals surface area contributed by atoms with Crippen molar-refractivity contribution in [3.05, 3.63) is 70.8 Å². The van der Waals surface area contributed by atoms with E-state index in [1.165, 1.54) is 23.5 Å². The highest BCUT2D eigenvalue weighted by Crippen LogP contribution is 2.28. The van der Waals surface area contributed by atoms with Crippen molar-refractivity contribution in [3.63, 3.8) is 0 Å². The molecule has 2 aromatic carbocycles. The van der Waals surface area contributed by atoms with Gasteiger partial charge in [0.1, 0.15) is 11.6 Å². The lowest BCUT2D eigenvalue weighted by molar-refractivity contribution is 0.582. The number of nitrogens with one attached hydrogen (secondary N) is 2. The van der Waals surface area contributed by atoms with Crippen LogP contribution in [0.15, 0.2) is 64.9 Å². The summed E-state index contributed by atoms with van der Waals surface area (Å²) >= 11 is 7.64. The summed E-state index contributed by atoms with van der Waals surface area (Å²) in [5.41, 5.74) is 0.690. The quantitative estimate of drug-likeness (QED) is 0.394. The summed E-state index contributed by atoms with van der Waals surface area (Å²) in [7, 11) is -3.73. The molecule has 2 aromatic heterocycles. The van der Waals surface area contributed by atoms with Gasteiger partial charge in [0.2, 0.25) is 10.0 Å². The predicted octanol–water partition coefficient (Wildman–Crippen LogP) is 4.54. The third-order valence-electron chi connectivity index (χ3n) is 4.23. The van der Waals surface area contributed by atoms with Gasteiger partial charge in [-0.15, -0.1) is 11.3 Å². The van der Waals surface area contributed by atoms with Crippen LogP contribution in [0.4, 0.5) is 10.2 Å². The van der Waals surface area contributed by atoms with Crippen molar-refractivity contribution in [2.45, 2.75) is 4.90 Å². The fourth-order valence-electron chi connectivity index (χ4n) is 2.82. The molecule has 0 radical (unpaired) electrons. The number of hydrogen-bond acceptors (Lipinski definition) is 6. The molecule has 0 amide bonds. The van der Waals surface area contributed by atoms with Gasteiger partial charge in [-0.3, -0.25) is 0 Å². The highest BCUT2D eigenvalue weighted by atomic mass is 35.5. The molecule has 154 valence electrons. The summed E-state index contributed by atoms with van der Waals surface area (Å²) in [6, 6.07) is 13.8. The molecule has 0 aliphatic heterocycles. The van der Waals surface area contributed by atoms with Crippen molar-refractivity contribution < 1.29 is 12.8 Å². The van der Waals surface area contributed by atoms with Crippen molar-refractivity contribution in [1.82, 2.24) is 14.7 Å². The highest BCUT2D eigenvalue weighted by molar-refractivity contribution is 7.89. The second-order valence-electron chi connectivity index (χ2n) is 6.31. The molecule has 30 heavy (non-hydrogen) atoms. The Balaban J connectivity index is 1.51. The lowest BCUT2D eigenvalue weighted by Gasteiger charge is -2.11. The van der Waals surface area contributed by atoms with Crippen LogP contribution in [0.1, 0.15) is 0 Å². The van der Waals surface area contributed by atoms with Crippen LogP contribution in [-0.2, 0) is 10.0 Å². The normalized spacial score (nSPS) is 11.7. The number of aromatic nitrogens is 2. The molecule has 0 atom stereocenters. The van der Waals surface area contributed by atoms with Crippen molar-refractivity contribution >= 4 is 49.7 Å². The van der Waals surface area contributed by atoms with E-state index in [-0.39, 0.29) is 11.4 Å². The molecule has 10 heteroatoms. The van der Waals surface area contributed by atoms with E-state index < -0.39 is 15.8 Å². The Labute approximate surface area is 181 Å². The van der Waals surface area contributed by atoms with E-state index in [1.807, 2.05) is 23.6 Å². The number of rotatable bonds is 7. The predicted molar refractivity (Wildman–Crippen MR) is 118 cm³/mol. The molecule has 2 heterocycles. The Kier molecular flexibility index (Phi) is 5.96. The average molecular weight is 463 g/mol. The molecule has 0 aliphatic carbocycles. The van der Waals surface area contributed by atoms with Gasteiger partial charge in [-0.2, -0.15) is 0 Å². The number of sulfonamides is 1. The lowest BCUT2D eigenvalue weighted by Crippen LogP contribution is -2.29. The smallest absolute Gasteiger partial charge is 0.240 e. The number of anilines is 1. The van der Waals surface area contributed by atoms with Crippen LogP contribution in [0.2, 0.25) is 5.02 Å². The minimum Gasteiger partial charge on any atom is -0.368 e. The summed E-state index contributed by atoms with van der Waals surface area (Å²) in [4.78, 5) is 10.1. The molecule has 0 aliphatic rings. The van der Waals surface area contributed by atoms with Crippen LogP contribution in [0.5, 0.6) is 0 Å². The monoisotopic (exact) mass is 462 g/mol. The number of halogens is 2. The lowest BCUT2D eigenvalue weighted by atomic mass is 10.2. The van der Waals surface area contributed by atoms with Crippen LogP contribution >= 0.6 is 22.9 Å². The molecular formula is C20H16ClFN4O2S2. The average Bonchev–Trinajstić information content (AvgIpc) is 3.26. The Morgan fingerprint density at radius 3 is 2.57 bits per heavy atom. The van der Waals surface area contributed by atoms with E-state index in [9.17, 15) is 12.8 Å². The van der Waals surface area contributed by atoms with Crippen molar-refractivity contribution in [3.8, 4) is 10.7 Å². The first kappa shape index (κ1) is 20.7. The molecule has 0 fully saturated rings. The van der Waals surface area contributed by atoms with Crippen LogP contribution in [0.3, 0.4) is 0 Å². The molecular weight excluding hydrogens is 447 g/mol. The Morgan fingerprint density at radius 1 is 1.03 bits per heavy atom. The molecule has 2 N–H and O–H groups in total. The summed E-state index contributed by atoms with van der Waals surface area (Å²) in [6.07, 6.45) is 0. The minimum atomic E-state index is -3.73. The fourth-order valence-corrected chi connectivity index (χ4v) is 4.67. The van der Waals surface area contributed by atoms with Gasteiger partial charge in [0.15, 0.2) is 5.82 Å². The summed E-state index contributed by atoms with van der Waals surface area (Å²) < 4.78 is 40.1. The van der Waals surface area contributed by atoms with Crippen molar-refractivity contribution in [2.24, 2.45) is 0 Å². The fraction of sp³-hybridized carbons (Fsp3) is 0.100. The van der Waals surface area contributed by atoms with Crippen LogP contribution < -0.4 is 10.0 Å². The van der Waals surface area contributed by atoms with E-state index >= 15 is 0 Å². The SMILES string of the molecule is O=S(=O)(NCCNc1nc(-c2cccs2)nc2cc(Cl)ccc12)c1ccc(F)cc1. The first-order chi connectivity index (χ1) is 14.4. The number of thiophene rings is 1. The van der Waals surface area contributed by atoms with E-state index in [4.69, 9.17) is 11.6 Å². The molecule has 4 rings (SSSR count). The molecule has 6 nitrogen and oxygen atoms in total. The molecule has 0 spiro atoms. The van der Waals surface area contributed by atoms with Gasteiger partial charge in [-0.25, -0.2) is 27.5 Å². The topological polar surface area (TPSA) is 84.0 Å². The van der Waals surface area contributed by atoms with Gasteiger partial charge in [0.25, 0.3) is 0 Å². The maximum atomic E-state index is 13.0. The zero-order chi connectivity index (χ0) is 21.1. The number of hydrogen-bond donors (Lipinski definition) is 2. The summed E-state index contributed by atoms with van der Waals surface area (Å²) in [5.74, 6) is 0.656. The zero-order valence-corrected chi connectivity index (χ0v) is 17.9. The Morgan fingerprint density at radius 2 is 1.83 bits per heavy atom. The number of nitrogens with zero attached hydrogens (tertiary/aromatic N) is 2. The van der Waals surface area contributed by atoms with Crippen LogP contribution in [0, 0.1) is 5.82 Å². The summed E-state index contributed by atoms with van der Waals surface area (Å²) in [5, 5.41) is 6.45. The largest absolute Gasteiger partial charge is 0.368 e. The van der Waals surface area contributed by atoms with E-state index in [0.29, 0.717) is 28.7 Å². The van der Waals surface area contributed by atoms with Crippen LogP contribution in [0.25, 0.3) is 21.6 Å². The van der Waals surface area contributed by atoms with Gasteiger partial charge < -0.3 is 5.32 Å². The molecule has 0 saturated carbocycles. The van der Waals surface area contributed by atoms with E-state index in [1.54, 1.807) is 12.1 Å². The maximum absolute atomic E-state index is 13.0. The van der Waals surface area contributed by atoms with E-state index in [0.717, 1.165) is 22.4 Å². The third-order valence-corrected chi connectivity index (χ3v) is 6.81. The third kappa shape index (κ3) is 4.59. The minimum absolute atomic E-state index is 0.00556. The van der Waals surface area contributed by atoms with E-state index in [2.05, 4.69) is 20.0 Å². The Hall–Kier alpha value is -2.59. The second kappa shape index (κ2) is 8.65. The van der Waals surface area contributed by atoms with Gasteiger partial charge in [-0.05, 0) is 53.9 Å². The van der Waals surface area contributed by atoms with Crippen LogP contribution in [-0.4, -0.2) is 31.5 Å². The standard InChI is InChI=1S/C20H16ClFN4O2S2/c21-13-3-8-16-17(12-13)25-20(18-2-1-11-29-18)26-19(16)23-9-10-24-30(27,28)15-6-4-14(22)5-7-15/h1-8,11-12,24H,9-10H2,(H,23,25,26). The molecule has 4 aromatic rings. The Bertz CT molecular complexity index is 1280. The first-order valence-corrected chi connectivity index (χ1v) is 11.7. The number of fused-ring (bicyclic) bond motifs is 1. The zero-order valence-electron chi connectivity index (χ0n) is 15.5. The number of benzene rings is 2. The van der Waals surface area contributed by atoms with Gasteiger partial charge in [0.05, 0.1) is 15.3 Å². The van der Waals surface area contributed by atoms with Crippen molar-refractivity contribution in [2.75, 3.05) is 18.4 Å². The molecule has 0 unspecified atom stereocenters. The molecule has 0 bridgehead atoms. The highest BCUT2D eigenvalue weighted by Gasteiger charge is 2.14. The van der Waals surface area contributed by atoms with Gasteiger partial charge in [0, 0.05) is 23.5 Å². The van der Waals surface area contributed by atoms with Crippen molar-refractivity contribution in [1.29, 1.82) is 0 Å². The molecule has 0 saturated heterocycles. The maximum Gasteiger partial charge on any atom is 0.240 e. The second-order valence-corrected chi connectivity index (χ2v) is 9.46. The van der Waals surface area contributed by atoms with Gasteiger partial charge >= 0.3 is 0 Å². The summed E-state index contributed by atoms with van der Waals surface area (Å²) in [6.45, 7) is 0.409.